The van der Waals surface area contributed by atoms with E-state index in [0.717, 1.165) is 9.36 Å². The van der Waals surface area contributed by atoms with Crippen LogP contribution in [0.4, 0.5) is 8.78 Å². The Morgan fingerprint density at radius 3 is 2.71 bits per heavy atom. The molecule has 0 bridgehead atoms. The van der Waals surface area contributed by atoms with Crippen LogP contribution in [0.3, 0.4) is 0 Å². The van der Waals surface area contributed by atoms with E-state index >= 15 is 4.39 Å². The lowest BCUT2D eigenvalue weighted by Gasteiger charge is -2.31. The number of benzene rings is 2. The molecule has 0 fully saturated rings. The number of aromatic amines is 1. The van der Waals surface area contributed by atoms with E-state index in [4.69, 9.17) is 4.74 Å². The van der Waals surface area contributed by atoms with Gasteiger partial charge in [-0.1, -0.05) is 24.3 Å². The Hall–Kier alpha value is -3.24. The molecular weight excluding hydrogens is 528 g/mol. The zero-order valence-electron chi connectivity index (χ0n) is 17.8. The number of allylic oxidation sites excluding steroid dienone is 2. The molecule has 6 nitrogen and oxygen atoms in total. The average molecular weight is 546 g/mol. The Morgan fingerprint density at radius 2 is 1.94 bits per heavy atom. The van der Waals surface area contributed by atoms with Crippen LogP contribution in [0.1, 0.15) is 13.3 Å². The molecule has 1 aliphatic rings. The van der Waals surface area contributed by atoms with E-state index in [1.807, 2.05) is 0 Å². The minimum Gasteiger partial charge on any atom is -0.453 e. The molecule has 0 spiro atoms. The number of rotatable bonds is 5. The number of ether oxygens (including phenoxy) is 1. The van der Waals surface area contributed by atoms with Crippen molar-refractivity contribution < 1.29 is 21.9 Å². The number of nitrogens with one attached hydrogen (secondary N) is 1. The summed E-state index contributed by atoms with van der Waals surface area (Å²) in [5.41, 5.74) is 1.05. The summed E-state index contributed by atoms with van der Waals surface area (Å²) >= 11 is 3.28. The second-order valence-corrected chi connectivity index (χ2v) is 11.1. The number of halogens is 3. The Kier molecular flexibility index (Phi) is 5.44. The van der Waals surface area contributed by atoms with Crippen molar-refractivity contribution in [2.24, 2.45) is 0 Å². The van der Waals surface area contributed by atoms with Gasteiger partial charge in [-0.05, 0) is 65.7 Å². The van der Waals surface area contributed by atoms with Gasteiger partial charge < -0.3 is 4.74 Å². The Labute approximate surface area is 202 Å². The zero-order valence-corrected chi connectivity index (χ0v) is 20.2. The van der Waals surface area contributed by atoms with Crippen molar-refractivity contribution in [3.05, 3.63) is 95.0 Å². The molecule has 1 atom stereocenters. The molecule has 1 N–H and O–H groups in total. The van der Waals surface area contributed by atoms with Crippen LogP contribution in [0, 0.1) is 5.82 Å². The molecule has 174 valence electrons. The van der Waals surface area contributed by atoms with Gasteiger partial charge in [0.1, 0.15) is 16.3 Å². The SMILES string of the molecule is CC1(S(=O)(=O)n2ccc3ccccc32)CC=C(Br)C(Oc2ccc(F)c(-c3ccn[nH]3)c2)=C1F. The maximum atomic E-state index is 16.0. The number of H-pyrrole nitrogens is 1. The van der Waals surface area contributed by atoms with E-state index in [1.165, 1.54) is 37.5 Å². The van der Waals surface area contributed by atoms with Crippen LogP contribution < -0.4 is 4.74 Å². The summed E-state index contributed by atoms with van der Waals surface area (Å²) in [6.45, 7) is 1.33. The monoisotopic (exact) mass is 545 g/mol. The van der Waals surface area contributed by atoms with Crippen molar-refractivity contribution in [1.82, 2.24) is 14.2 Å². The first-order chi connectivity index (χ1) is 16.2. The van der Waals surface area contributed by atoms with Crippen molar-refractivity contribution in [1.29, 1.82) is 0 Å². The fourth-order valence-electron chi connectivity index (χ4n) is 3.91. The molecule has 34 heavy (non-hydrogen) atoms. The fraction of sp³-hybridized carbons (Fsp3) is 0.125. The molecule has 1 aliphatic carbocycles. The van der Waals surface area contributed by atoms with Crippen LogP contribution in [-0.2, 0) is 10.0 Å². The van der Waals surface area contributed by atoms with Gasteiger partial charge in [0, 0.05) is 23.3 Å². The summed E-state index contributed by atoms with van der Waals surface area (Å²) in [5, 5.41) is 7.21. The summed E-state index contributed by atoms with van der Waals surface area (Å²) in [7, 11) is -4.23. The molecule has 5 rings (SSSR count). The maximum Gasteiger partial charge on any atom is 0.251 e. The van der Waals surface area contributed by atoms with E-state index in [1.54, 1.807) is 42.5 Å². The summed E-state index contributed by atoms with van der Waals surface area (Å²) in [6, 6.07) is 14.1. The van der Waals surface area contributed by atoms with Crippen LogP contribution >= 0.6 is 15.9 Å². The largest absolute Gasteiger partial charge is 0.453 e. The van der Waals surface area contributed by atoms with Gasteiger partial charge in [-0.2, -0.15) is 5.10 Å². The third kappa shape index (κ3) is 3.48. The third-order valence-corrected chi connectivity index (χ3v) is 8.90. The molecule has 2 heterocycles. The van der Waals surface area contributed by atoms with Gasteiger partial charge in [0.15, 0.2) is 11.6 Å². The molecule has 2 aromatic heterocycles. The van der Waals surface area contributed by atoms with Crippen LogP contribution in [0.15, 0.2) is 89.1 Å². The number of aromatic nitrogens is 3. The molecule has 0 saturated heterocycles. The molecular formula is C24H18BrF2N3O3S. The van der Waals surface area contributed by atoms with Crippen LogP contribution in [0.5, 0.6) is 5.75 Å². The summed E-state index contributed by atoms with van der Waals surface area (Å²) in [6.07, 6.45) is 4.35. The van der Waals surface area contributed by atoms with Crippen LogP contribution in [-0.4, -0.2) is 27.3 Å². The lowest BCUT2D eigenvalue weighted by atomic mass is 9.99. The number of hydrogen-bond acceptors (Lipinski definition) is 4. The lowest BCUT2D eigenvalue weighted by molar-refractivity contribution is 0.375. The topological polar surface area (TPSA) is 77.0 Å². The number of hydrogen-bond donors (Lipinski definition) is 1. The molecule has 0 amide bonds. The van der Waals surface area contributed by atoms with Crippen molar-refractivity contribution in [3.63, 3.8) is 0 Å². The Morgan fingerprint density at radius 1 is 1.15 bits per heavy atom. The van der Waals surface area contributed by atoms with Crippen LogP contribution in [0.2, 0.25) is 0 Å². The molecule has 10 heteroatoms. The number of fused-ring (bicyclic) bond motifs is 1. The average Bonchev–Trinajstić information content (AvgIpc) is 3.51. The van der Waals surface area contributed by atoms with Crippen molar-refractivity contribution >= 4 is 36.9 Å². The lowest BCUT2D eigenvalue weighted by Crippen LogP contribution is -2.42. The second-order valence-electron chi connectivity index (χ2n) is 8.02. The standard InChI is InChI=1S/C24H18BrF2N3O3S/c1-24(34(31,32)30-13-10-15-4-2-3-5-21(15)30)11-8-18(25)22(23(24)27)33-16-6-7-19(26)17(14-16)20-9-12-28-29-20/h2-10,12-14H,11H2,1H3,(H,28,29). The van der Waals surface area contributed by atoms with Gasteiger partial charge in [0.2, 0.25) is 0 Å². The second kappa shape index (κ2) is 8.21. The minimum absolute atomic E-state index is 0.107. The molecule has 4 aromatic rings. The first-order valence-electron chi connectivity index (χ1n) is 10.3. The third-order valence-electron chi connectivity index (χ3n) is 5.89. The molecule has 0 saturated carbocycles. The Balaban J connectivity index is 1.58. The van der Waals surface area contributed by atoms with E-state index in [9.17, 15) is 12.8 Å². The zero-order chi connectivity index (χ0) is 24.1. The highest BCUT2D eigenvalue weighted by Gasteiger charge is 2.49. The van der Waals surface area contributed by atoms with Crippen molar-refractivity contribution in [2.75, 3.05) is 0 Å². The number of para-hydroxylation sites is 1. The molecule has 0 aliphatic heterocycles. The van der Waals surface area contributed by atoms with Crippen LogP contribution in [0.25, 0.3) is 22.2 Å². The quantitative estimate of drug-likeness (QED) is 0.331. The van der Waals surface area contributed by atoms with Gasteiger partial charge in [-0.15, -0.1) is 0 Å². The van der Waals surface area contributed by atoms with E-state index < -0.39 is 26.4 Å². The van der Waals surface area contributed by atoms with Gasteiger partial charge in [0.25, 0.3) is 10.0 Å². The number of nitrogens with zero attached hydrogens (tertiary/aromatic N) is 2. The smallest absolute Gasteiger partial charge is 0.251 e. The highest BCUT2D eigenvalue weighted by Crippen LogP contribution is 2.44. The summed E-state index contributed by atoms with van der Waals surface area (Å²) in [4.78, 5) is 0. The normalized spacial score (nSPS) is 18.9. The van der Waals surface area contributed by atoms with Gasteiger partial charge in [-0.3, -0.25) is 5.10 Å². The molecule has 2 aromatic carbocycles. The molecule has 1 unspecified atom stereocenters. The van der Waals surface area contributed by atoms with E-state index in [2.05, 4.69) is 26.1 Å². The van der Waals surface area contributed by atoms with E-state index in [-0.39, 0.29) is 28.0 Å². The summed E-state index contributed by atoms with van der Waals surface area (Å²) in [5.74, 6) is -1.62. The fourth-order valence-corrected chi connectivity index (χ4v) is 6.02. The van der Waals surface area contributed by atoms with Gasteiger partial charge >= 0.3 is 0 Å². The highest BCUT2D eigenvalue weighted by atomic mass is 79.9. The maximum absolute atomic E-state index is 16.0. The summed E-state index contributed by atoms with van der Waals surface area (Å²) < 4.78 is 62.9. The molecule has 0 radical (unpaired) electrons. The van der Waals surface area contributed by atoms with Gasteiger partial charge in [-0.25, -0.2) is 21.2 Å². The highest BCUT2D eigenvalue weighted by molar-refractivity contribution is 9.12. The van der Waals surface area contributed by atoms with Crippen molar-refractivity contribution in [3.8, 4) is 17.0 Å². The van der Waals surface area contributed by atoms with Gasteiger partial charge in [0.05, 0.1) is 15.7 Å². The first-order valence-corrected chi connectivity index (χ1v) is 12.5. The minimum atomic E-state index is -4.23. The van der Waals surface area contributed by atoms with E-state index in [0.29, 0.717) is 11.2 Å². The van der Waals surface area contributed by atoms with Crippen molar-refractivity contribution in [2.45, 2.75) is 18.1 Å². The predicted molar refractivity (Wildman–Crippen MR) is 129 cm³/mol. The predicted octanol–water partition coefficient (Wildman–Crippen LogP) is 6.05. The first kappa shape index (κ1) is 22.5. The Bertz CT molecular complexity index is 1580.